The summed E-state index contributed by atoms with van der Waals surface area (Å²) < 4.78 is 41.7. The molecule has 0 bridgehead atoms. The van der Waals surface area contributed by atoms with Crippen molar-refractivity contribution < 1.29 is 13.2 Å². The van der Waals surface area contributed by atoms with E-state index in [9.17, 15) is 13.2 Å². The quantitative estimate of drug-likeness (QED) is 0.920. The molecule has 0 aliphatic carbocycles. The van der Waals surface area contributed by atoms with Crippen molar-refractivity contribution >= 4 is 0 Å². The predicted molar refractivity (Wildman–Crippen MR) is 90.0 cm³/mol. The summed E-state index contributed by atoms with van der Waals surface area (Å²) in [4.78, 5) is 2.05. The first-order valence-electron chi connectivity index (χ1n) is 8.36. The Labute approximate surface area is 145 Å². The number of halogens is 3. The van der Waals surface area contributed by atoms with E-state index in [1.54, 1.807) is 6.07 Å². The van der Waals surface area contributed by atoms with Gasteiger partial charge < -0.3 is 5.73 Å². The first-order chi connectivity index (χ1) is 11.7. The first-order valence-corrected chi connectivity index (χ1v) is 8.36. The van der Waals surface area contributed by atoms with E-state index in [1.165, 1.54) is 6.07 Å². The van der Waals surface area contributed by atoms with Crippen LogP contribution in [0.1, 0.15) is 39.7 Å². The largest absolute Gasteiger partial charge is 0.416 e. The van der Waals surface area contributed by atoms with E-state index in [0.29, 0.717) is 24.2 Å². The van der Waals surface area contributed by atoms with E-state index >= 15 is 0 Å². The van der Waals surface area contributed by atoms with Crippen LogP contribution in [0, 0.1) is 13.8 Å². The number of nitrogens with zero attached hydrogens (tertiary/aromatic N) is 3. The van der Waals surface area contributed by atoms with E-state index in [4.69, 9.17) is 5.73 Å². The maximum atomic E-state index is 13.3. The Hall–Kier alpha value is -1.86. The van der Waals surface area contributed by atoms with Gasteiger partial charge in [0, 0.05) is 38.4 Å². The van der Waals surface area contributed by atoms with E-state index in [1.807, 2.05) is 30.5 Å². The van der Waals surface area contributed by atoms with Gasteiger partial charge in [-0.1, -0.05) is 12.1 Å². The Kier molecular flexibility index (Phi) is 4.64. The summed E-state index contributed by atoms with van der Waals surface area (Å²) in [5, 5.41) is 4.41. The Morgan fingerprint density at radius 1 is 1.28 bits per heavy atom. The minimum absolute atomic E-state index is 0.172. The molecule has 0 amide bonds. The molecule has 136 valence electrons. The SMILES string of the molecule is Cc1nn(C)c(C)c1CCN1Cc2c(cccc2C(F)(F)F)C1CN. The Morgan fingerprint density at radius 2 is 2.00 bits per heavy atom. The van der Waals surface area contributed by atoms with Crippen molar-refractivity contribution in [2.45, 2.75) is 39.0 Å². The van der Waals surface area contributed by atoms with Gasteiger partial charge in [0.15, 0.2) is 0 Å². The van der Waals surface area contributed by atoms with Crippen molar-refractivity contribution in [2.75, 3.05) is 13.1 Å². The second-order valence-corrected chi connectivity index (χ2v) is 6.62. The lowest BCUT2D eigenvalue weighted by Crippen LogP contribution is -2.30. The van der Waals surface area contributed by atoms with Crippen molar-refractivity contribution in [2.24, 2.45) is 12.8 Å². The number of aryl methyl sites for hydroxylation is 2. The summed E-state index contributed by atoms with van der Waals surface area (Å²) in [6.45, 7) is 5.21. The maximum Gasteiger partial charge on any atom is 0.416 e. The van der Waals surface area contributed by atoms with Gasteiger partial charge in [-0.3, -0.25) is 9.58 Å². The van der Waals surface area contributed by atoms with Crippen molar-refractivity contribution in [1.29, 1.82) is 0 Å². The van der Waals surface area contributed by atoms with Gasteiger partial charge in [0.25, 0.3) is 0 Å². The van der Waals surface area contributed by atoms with Crippen LogP contribution in [-0.2, 0) is 26.2 Å². The molecule has 2 aromatic rings. The van der Waals surface area contributed by atoms with Gasteiger partial charge in [-0.2, -0.15) is 18.3 Å². The van der Waals surface area contributed by atoms with Crippen LogP contribution in [0.4, 0.5) is 13.2 Å². The van der Waals surface area contributed by atoms with Gasteiger partial charge in [-0.15, -0.1) is 0 Å². The van der Waals surface area contributed by atoms with Crippen molar-refractivity contribution in [3.05, 3.63) is 51.8 Å². The third-order valence-corrected chi connectivity index (χ3v) is 5.21. The lowest BCUT2D eigenvalue weighted by atomic mass is 9.99. The summed E-state index contributed by atoms with van der Waals surface area (Å²) in [5.74, 6) is 0. The molecular weight excluding hydrogens is 329 g/mol. The topological polar surface area (TPSA) is 47.1 Å². The molecule has 1 aliphatic rings. The summed E-state index contributed by atoms with van der Waals surface area (Å²) in [6.07, 6.45) is -3.59. The van der Waals surface area contributed by atoms with Crippen molar-refractivity contribution in [1.82, 2.24) is 14.7 Å². The van der Waals surface area contributed by atoms with Gasteiger partial charge in [0.1, 0.15) is 0 Å². The summed E-state index contributed by atoms with van der Waals surface area (Å²) >= 11 is 0. The fourth-order valence-corrected chi connectivity index (χ4v) is 3.81. The number of hydrogen-bond acceptors (Lipinski definition) is 3. The smallest absolute Gasteiger partial charge is 0.329 e. The Bertz CT molecular complexity index is 779. The zero-order valence-corrected chi connectivity index (χ0v) is 14.7. The third kappa shape index (κ3) is 3.18. The highest BCUT2D eigenvalue weighted by Crippen LogP contribution is 2.41. The summed E-state index contributed by atoms with van der Waals surface area (Å²) in [5.41, 5.74) is 9.64. The van der Waals surface area contributed by atoms with Gasteiger partial charge in [0.2, 0.25) is 0 Å². The van der Waals surface area contributed by atoms with E-state index in [2.05, 4.69) is 5.10 Å². The lowest BCUT2D eigenvalue weighted by molar-refractivity contribution is -0.138. The molecule has 0 fully saturated rings. The fraction of sp³-hybridized carbons (Fsp3) is 0.500. The number of rotatable bonds is 4. The van der Waals surface area contributed by atoms with E-state index < -0.39 is 11.7 Å². The number of benzene rings is 1. The number of aromatic nitrogens is 2. The van der Waals surface area contributed by atoms with Crippen LogP contribution in [0.2, 0.25) is 0 Å². The summed E-state index contributed by atoms with van der Waals surface area (Å²) in [7, 11) is 1.90. The van der Waals surface area contributed by atoms with Crippen LogP contribution < -0.4 is 5.73 Å². The monoisotopic (exact) mass is 352 g/mol. The van der Waals surface area contributed by atoms with Crippen molar-refractivity contribution in [3.8, 4) is 0 Å². The number of nitrogens with two attached hydrogens (primary N) is 1. The maximum absolute atomic E-state index is 13.3. The molecule has 1 unspecified atom stereocenters. The highest BCUT2D eigenvalue weighted by Gasteiger charge is 2.39. The molecule has 0 saturated carbocycles. The number of fused-ring (bicyclic) bond motifs is 1. The Balaban J connectivity index is 1.84. The van der Waals surface area contributed by atoms with Crippen LogP contribution in [-0.4, -0.2) is 27.8 Å². The molecule has 1 aromatic carbocycles. The Morgan fingerprint density at radius 3 is 2.56 bits per heavy atom. The van der Waals surface area contributed by atoms with Crippen molar-refractivity contribution in [3.63, 3.8) is 0 Å². The molecule has 1 aliphatic heterocycles. The highest BCUT2D eigenvalue weighted by molar-refractivity contribution is 5.42. The average molecular weight is 352 g/mol. The zero-order chi connectivity index (χ0) is 18.4. The van der Waals surface area contributed by atoms with E-state index in [-0.39, 0.29) is 12.6 Å². The molecular formula is C18H23F3N4. The molecule has 1 aromatic heterocycles. The molecule has 25 heavy (non-hydrogen) atoms. The standard InChI is InChI=1S/C18H23F3N4/c1-11-13(12(2)24(3)23-11)7-8-25-10-15-14(17(25)9-22)5-4-6-16(15)18(19,20)21/h4-6,17H,7-10,22H2,1-3H3. The lowest BCUT2D eigenvalue weighted by Gasteiger charge is -2.23. The molecule has 1 atom stereocenters. The van der Waals surface area contributed by atoms with Crippen LogP contribution in [0.3, 0.4) is 0 Å². The van der Waals surface area contributed by atoms with E-state index in [0.717, 1.165) is 29.4 Å². The zero-order valence-electron chi connectivity index (χ0n) is 14.7. The van der Waals surface area contributed by atoms with Gasteiger partial charge in [-0.05, 0) is 43.0 Å². The molecule has 0 radical (unpaired) electrons. The molecule has 3 rings (SSSR count). The minimum Gasteiger partial charge on any atom is -0.329 e. The average Bonchev–Trinajstić information content (AvgIpc) is 3.01. The molecule has 7 heteroatoms. The molecule has 2 N–H and O–H groups in total. The molecule has 2 heterocycles. The number of hydrogen-bond donors (Lipinski definition) is 1. The fourth-order valence-electron chi connectivity index (χ4n) is 3.81. The van der Waals surface area contributed by atoms with Gasteiger partial charge in [0.05, 0.1) is 11.3 Å². The molecule has 4 nitrogen and oxygen atoms in total. The first kappa shape index (κ1) is 17.9. The third-order valence-electron chi connectivity index (χ3n) is 5.21. The van der Waals surface area contributed by atoms with Crippen LogP contribution >= 0.6 is 0 Å². The predicted octanol–water partition coefficient (Wildman–Crippen LogP) is 3.11. The van der Waals surface area contributed by atoms with Crippen LogP contribution in [0.5, 0.6) is 0 Å². The second kappa shape index (κ2) is 6.46. The number of alkyl halides is 3. The minimum atomic E-state index is -4.34. The second-order valence-electron chi connectivity index (χ2n) is 6.62. The summed E-state index contributed by atoms with van der Waals surface area (Å²) in [6, 6.07) is 4.23. The normalized spacial score (nSPS) is 18.0. The van der Waals surface area contributed by atoms with Crippen LogP contribution in [0.15, 0.2) is 18.2 Å². The van der Waals surface area contributed by atoms with Gasteiger partial charge >= 0.3 is 6.18 Å². The van der Waals surface area contributed by atoms with Gasteiger partial charge in [-0.25, -0.2) is 0 Å². The molecule has 0 saturated heterocycles. The highest BCUT2D eigenvalue weighted by atomic mass is 19.4. The van der Waals surface area contributed by atoms with Crippen LogP contribution in [0.25, 0.3) is 0 Å². The molecule has 0 spiro atoms.